The second kappa shape index (κ2) is 8.62. The van der Waals surface area contributed by atoms with Crippen LogP contribution in [-0.4, -0.2) is 59.2 Å². The lowest BCUT2D eigenvalue weighted by molar-refractivity contribution is 0.0365. The summed E-state index contributed by atoms with van der Waals surface area (Å²) in [5.41, 5.74) is 3.52. The minimum Gasteiger partial charge on any atom is -0.404 e. The summed E-state index contributed by atoms with van der Waals surface area (Å²) in [5.74, 6) is 2.21. The van der Waals surface area contributed by atoms with E-state index in [1.165, 1.54) is 0 Å². The molecule has 2 aliphatic rings. The van der Waals surface area contributed by atoms with Crippen molar-refractivity contribution < 1.29 is 14.7 Å². The van der Waals surface area contributed by atoms with Crippen molar-refractivity contribution >= 4 is 22.6 Å². The summed E-state index contributed by atoms with van der Waals surface area (Å²) in [6, 6.07) is 8.12. The van der Waals surface area contributed by atoms with Gasteiger partial charge in [-0.15, -0.1) is 0 Å². The Kier molecular flexibility index (Phi) is 5.76. The van der Waals surface area contributed by atoms with Crippen LogP contribution in [0.3, 0.4) is 0 Å². The number of morpholine rings is 1. The van der Waals surface area contributed by atoms with Gasteiger partial charge in [-0.25, -0.2) is 0 Å². The van der Waals surface area contributed by atoms with Crippen LogP contribution in [0.5, 0.6) is 0 Å². The number of para-hydroxylation sites is 1. The van der Waals surface area contributed by atoms with Crippen molar-refractivity contribution in [3.8, 4) is 0 Å². The van der Waals surface area contributed by atoms with Gasteiger partial charge in [0.05, 0.1) is 19.1 Å². The molecule has 29 heavy (non-hydrogen) atoms. The molecule has 6 heteroatoms. The molecule has 2 heterocycles. The highest BCUT2D eigenvalue weighted by Crippen LogP contribution is 2.29. The number of aromatic nitrogens is 1. The summed E-state index contributed by atoms with van der Waals surface area (Å²) in [5, 5.41) is 12.5. The lowest BCUT2D eigenvalue weighted by Gasteiger charge is -2.27. The van der Waals surface area contributed by atoms with Crippen LogP contribution in [0.15, 0.2) is 59.3 Å². The zero-order valence-electron chi connectivity index (χ0n) is 16.5. The van der Waals surface area contributed by atoms with Gasteiger partial charge >= 0.3 is 0 Å². The van der Waals surface area contributed by atoms with Crippen LogP contribution in [0.2, 0.25) is 0 Å². The molecule has 150 valence electrons. The number of nitrogens with zero attached hydrogens (tertiary/aromatic N) is 3. The molecule has 0 spiro atoms. The SMILES string of the molecule is Cc1c(C(=O)C2C=CC(=C=NO)C=C2)c2ccccc2n1CCN1CCOCC1. The summed E-state index contributed by atoms with van der Waals surface area (Å²) in [4.78, 5) is 15.8. The molecule has 0 bridgehead atoms. The van der Waals surface area contributed by atoms with Crippen molar-refractivity contribution in [1.29, 1.82) is 0 Å². The molecule has 1 saturated heterocycles. The van der Waals surface area contributed by atoms with Crippen molar-refractivity contribution in [2.45, 2.75) is 13.5 Å². The van der Waals surface area contributed by atoms with Gasteiger partial charge in [-0.3, -0.25) is 9.69 Å². The van der Waals surface area contributed by atoms with Gasteiger partial charge in [-0.05, 0) is 30.3 Å². The van der Waals surface area contributed by atoms with Crippen LogP contribution in [0.1, 0.15) is 16.1 Å². The first-order valence-electron chi connectivity index (χ1n) is 9.94. The summed E-state index contributed by atoms with van der Waals surface area (Å²) < 4.78 is 7.70. The Morgan fingerprint density at radius 3 is 2.66 bits per heavy atom. The zero-order chi connectivity index (χ0) is 20.2. The minimum atomic E-state index is -0.337. The summed E-state index contributed by atoms with van der Waals surface area (Å²) >= 11 is 0. The van der Waals surface area contributed by atoms with E-state index in [0.29, 0.717) is 5.57 Å². The number of benzene rings is 1. The lowest BCUT2D eigenvalue weighted by atomic mass is 9.91. The van der Waals surface area contributed by atoms with Crippen molar-refractivity contribution in [2.24, 2.45) is 11.1 Å². The maximum absolute atomic E-state index is 13.4. The van der Waals surface area contributed by atoms with Crippen LogP contribution in [0.4, 0.5) is 0 Å². The van der Waals surface area contributed by atoms with Crippen molar-refractivity contribution in [2.75, 3.05) is 32.8 Å². The predicted octanol–water partition coefficient (Wildman–Crippen LogP) is 3.19. The monoisotopic (exact) mass is 391 g/mol. The average molecular weight is 391 g/mol. The van der Waals surface area contributed by atoms with Gasteiger partial charge in [0.1, 0.15) is 0 Å². The maximum atomic E-state index is 13.4. The van der Waals surface area contributed by atoms with Gasteiger partial charge in [0, 0.05) is 59.8 Å². The number of hydrogen-bond donors (Lipinski definition) is 1. The highest BCUT2D eigenvalue weighted by Gasteiger charge is 2.25. The molecule has 0 saturated carbocycles. The van der Waals surface area contributed by atoms with Crippen LogP contribution >= 0.6 is 0 Å². The Morgan fingerprint density at radius 2 is 1.93 bits per heavy atom. The van der Waals surface area contributed by atoms with Crippen LogP contribution in [-0.2, 0) is 11.3 Å². The van der Waals surface area contributed by atoms with Gasteiger partial charge in [0.15, 0.2) is 5.78 Å². The first-order chi connectivity index (χ1) is 14.2. The van der Waals surface area contributed by atoms with E-state index < -0.39 is 0 Å². The van der Waals surface area contributed by atoms with Crippen molar-refractivity contribution in [1.82, 2.24) is 9.47 Å². The summed E-state index contributed by atoms with van der Waals surface area (Å²) in [6.45, 7) is 7.29. The number of ketones is 1. The zero-order valence-corrected chi connectivity index (χ0v) is 16.5. The summed E-state index contributed by atoms with van der Waals surface area (Å²) in [6.07, 6.45) is 7.18. The molecule has 1 aliphatic carbocycles. The fourth-order valence-corrected chi connectivity index (χ4v) is 4.10. The number of ether oxygens (including phenoxy) is 1. The Hall–Kier alpha value is -2.92. The van der Waals surface area contributed by atoms with Gasteiger partial charge in [0.2, 0.25) is 0 Å². The first-order valence-corrected chi connectivity index (χ1v) is 9.94. The quantitative estimate of drug-likeness (QED) is 0.368. The molecule has 1 aromatic carbocycles. The molecule has 0 atom stereocenters. The van der Waals surface area contributed by atoms with E-state index in [-0.39, 0.29) is 11.7 Å². The maximum Gasteiger partial charge on any atom is 0.175 e. The fraction of sp³-hybridized carbons (Fsp3) is 0.348. The molecule has 2 aromatic rings. The van der Waals surface area contributed by atoms with E-state index in [1.807, 2.05) is 37.3 Å². The largest absolute Gasteiger partial charge is 0.404 e. The molecule has 1 aliphatic heterocycles. The highest BCUT2D eigenvalue weighted by molar-refractivity contribution is 6.11. The molecule has 1 N–H and O–H groups in total. The van der Waals surface area contributed by atoms with Gasteiger partial charge in [0.25, 0.3) is 0 Å². The number of rotatable bonds is 5. The predicted molar refractivity (Wildman–Crippen MR) is 113 cm³/mol. The number of carbonyl (C=O) groups is 1. The number of allylic oxidation sites excluding steroid dienone is 5. The molecule has 0 amide bonds. The third-order valence-corrected chi connectivity index (χ3v) is 5.67. The van der Waals surface area contributed by atoms with Crippen LogP contribution in [0, 0.1) is 12.8 Å². The number of hydrogen-bond acceptors (Lipinski definition) is 5. The van der Waals surface area contributed by atoms with E-state index >= 15 is 0 Å². The Labute approximate surface area is 170 Å². The third-order valence-electron chi connectivity index (χ3n) is 5.67. The molecular formula is C23H25N3O3. The molecule has 0 unspecified atom stereocenters. The summed E-state index contributed by atoms with van der Waals surface area (Å²) in [7, 11) is 0. The molecule has 6 nitrogen and oxygen atoms in total. The third kappa shape index (κ3) is 3.96. The van der Waals surface area contributed by atoms with Crippen molar-refractivity contribution in [3.05, 3.63) is 65.4 Å². The van der Waals surface area contributed by atoms with Crippen LogP contribution in [0.25, 0.3) is 10.9 Å². The molecule has 0 radical (unpaired) electrons. The van der Waals surface area contributed by atoms with E-state index in [2.05, 4.69) is 26.6 Å². The number of fused-ring (bicyclic) bond motifs is 1. The Balaban J connectivity index is 1.64. The topological polar surface area (TPSA) is 67.1 Å². The molecule has 1 fully saturated rings. The molecule has 4 rings (SSSR count). The van der Waals surface area contributed by atoms with E-state index in [4.69, 9.17) is 9.94 Å². The van der Waals surface area contributed by atoms with E-state index in [1.54, 1.807) is 12.2 Å². The Bertz CT molecular complexity index is 1020. The van der Waals surface area contributed by atoms with E-state index in [9.17, 15) is 4.79 Å². The van der Waals surface area contributed by atoms with Crippen LogP contribution < -0.4 is 0 Å². The lowest BCUT2D eigenvalue weighted by Crippen LogP contribution is -2.38. The van der Waals surface area contributed by atoms with Gasteiger partial charge < -0.3 is 14.5 Å². The second-order valence-electron chi connectivity index (χ2n) is 7.36. The molecule has 1 aromatic heterocycles. The smallest absolute Gasteiger partial charge is 0.175 e. The van der Waals surface area contributed by atoms with Crippen molar-refractivity contribution in [3.63, 3.8) is 0 Å². The Morgan fingerprint density at radius 1 is 1.21 bits per heavy atom. The standard InChI is InChI=1S/C23H25N3O3/c1-17-22(23(27)19-8-6-18(7-9-19)16-24-28)20-4-2-3-5-21(20)26(17)11-10-25-12-14-29-15-13-25/h2-9,19,28H,10-15H2,1H3. The fourth-order valence-electron chi connectivity index (χ4n) is 4.10. The molecular weight excluding hydrogens is 366 g/mol. The van der Waals surface area contributed by atoms with Gasteiger partial charge in [-0.1, -0.05) is 30.4 Å². The van der Waals surface area contributed by atoms with E-state index in [0.717, 1.165) is 61.6 Å². The normalized spacial score (nSPS) is 19.5. The van der Waals surface area contributed by atoms with Gasteiger partial charge in [-0.2, -0.15) is 0 Å². The average Bonchev–Trinajstić information content (AvgIpc) is 3.04. The highest BCUT2D eigenvalue weighted by atomic mass is 16.5. The minimum absolute atomic E-state index is 0.0799. The number of Topliss-reactive ketones (excluding diaryl/α,β-unsaturated/α-hetero) is 1. The first kappa shape index (κ1) is 19.4. The second-order valence-corrected chi connectivity index (χ2v) is 7.36. The number of carbonyl (C=O) groups excluding carboxylic acids is 1.